The quantitative estimate of drug-likeness (QED) is 0.620. The van der Waals surface area contributed by atoms with Crippen LogP contribution in [-0.2, 0) is 4.79 Å². The first-order chi connectivity index (χ1) is 15.1. The van der Waals surface area contributed by atoms with Crippen LogP contribution >= 0.6 is 0 Å². The van der Waals surface area contributed by atoms with Gasteiger partial charge in [0.2, 0.25) is 0 Å². The average Bonchev–Trinajstić information content (AvgIpc) is 3.25. The summed E-state index contributed by atoms with van der Waals surface area (Å²) in [7, 11) is 0. The highest BCUT2D eigenvalue weighted by molar-refractivity contribution is 5.92. The lowest BCUT2D eigenvalue weighted by Gasteiger charge is -2.28. The number of pyridine rings is 2. The molecule has 2 aliphatic heterocycles. The number of benzene rings is 1. The van der Waals surface area contributed by atoms with Gasteiger partial charge in [-0.2, -0.15) is 0 Å². The number of carbonyl (C=O) groups excluding carboxylic acids is 1. The zero-order chi connectivity index (χ0) is 21.4. The zero-order valence-electron chi connectivity index (χ0n) is 17.2. The molecule has 0 spiro atoms. The number of halogens is 1. The van der Waals surface area contributed by atoms with Gasteiger partial charge < -0.3 is 19.7 Å². The molecule has 31 heavy (non-hydrogen) atoms. The number of hydrogen-bond donors (Lipinski definition) is 1. The van der Waals surface area contributed by atoms with E-state index in [0.717, 1.165) is 30.8 Å². The molecule has 7 nitrogen and oxygen atoms in total. The number of aromatic nitrogens is 2. The van der Waals surface area contributed by atoms with Crippen molar-refractivity contribution in [3.63, 3.8) is 0 Å². The van der Waals surface area contributed by atoms with Crippen molar-refractivity contribution in [2.45, 2.75) is 38.3 Å². The molecule has 0 saturated carbocycles. The van der Waals surface area contributed by atoms with Crippen LogP contribution < -0.4 is 19.7 Å². The summed E-state index contributed by atoms with van der Waals surface area (Å²) in [5.74, 6) is 1.53. The van der Waals surface area contributed by atoms with E-state index in [9.17, 15) is 9.18 Å². The second kappa shape index (κ2) is 8.02. The van der Waals surface area contributed by atoms with Crippen LogP contribution in [-0.4, -0.2) is 35.6 Å². The lowest BCUT2D eigenvalue weighted by Crippen LogP contribution is -2.24. The maximum absolute atomic E-state index is 14.2. The van der Waals surface area contributed by atoms with Crippen LogP contribution in [0.15, 0.2) is 36.5 Å². The lowest BCUT2D eigenvalue weighted by molar-refractivity contribution is -0.120. The summed E-state index contributed by atoms with van der Waals surface area (Å²) < 4.78 is 25.6. The molecule has 1 fully saturated rings. The Balaban J connectivity index is 1.68. The van der Waals surface area contributed by atoms with Gasteiger partial charge in [-0.1, -0.05) is 0 Å². The number of nitrogens with zero attached hydrogens (tertiary/aromatic N) is 3. The van der Waals surface area contributed by atoms with Crippen molar-refractivity contribution < 1.29 is 18.7 Å². The second-order valence-corrected chi connectivity index (χ2v) is 7.93. The van der Waals surface area contributed by atoms with Crippen LogP contribution in [0.1, 0.15) is 37.8 Å². The number of fused-ring (bicyclic) bond motifs is 5. The average molecular weight is 422 g/mol. The van der Waals surface area contributed by atoms with E-state index in [1.54, 1.807) is 12.1 Å². The molecule has 3 aromatic rings. The number of anilines is 2. The van der Waals surface area contributed by atoms with Crippen LogP contribution in [0.3, 0.4) is 0 Å². The maximum Gasteiger partial charge on any atom is 0.298 e. The van der Waals surface area contributed by atoms with Gasteiger partial charge in [-0.3, -0.25) is 9.78 Å². The molecule has 1 saturated heterocycles. The lowest BCUT2D eigenvalue weighted by atomic mass is 10.0. The maximum atomic E-state index is 14.2. The second-order valence-electron chi connectivity index (χ2n) is 7.93. The molecule has 2 atom stereocenters. The van der Waals surface area contributed by atoms with Crippen LogP contribution in [0.5, 0.6) is 11.5 Å². The molecule has 8 heteroatoms. The van der Waals surface area contributed by atoms with Crippen molar-refractivity contribution >= 4 is 29.0 Å². The smallest absolute Gasteiger partial charge is 0.298 e. The first-order valence-corrected chi connectivity index (χ1v) is 10.5. The van der Waals surface area contributed by atoms with Gasteiger partial charge in [-0.25, -0.2) is 9.37 Å². The van der Waals surface area contributed by atoms with Gasteiger partial charge in [0.15, 0.2) is 5.75 Å². The minimum absolute atomic E-state index is 0.0395. The summed E-state index contributed by atoms with van der Waals surface area (Å²) in [4.78, 5) is 22.5. The minimum Gasteiger partial charge on any atom is -0.490 e. The van der Waals surface area contributed by atoms with Gasteiger partial charge >= 0.3 is 0 Å². The summed E-state index contributed by atoms with van der Waals surface area (Å²) in [5.41, 5.74) is 2.81. The Labute approximate surface area is 179 Å². The van der Waals surface area contributed by atoms with Crippen LogP contribution in [0, 0.1) is 5.82 Å². The van der Waals surface area contributed by atoms with E-state index in [2.05, 4.69) is 15.2 Å². The molecule has 2 aliphatic rings. The fourth-order valence-corrected chi connectivity index (χ4v) is 4.44. The molecular weight excluding hydrogens is 399 g/mol. The van der Waals surface area contributed by atoms with Gasteiger partial charge in [0.1, 0.15) is 28.6 Å². The molecule has 0 aliphatic carbocycles. The Morgan fingerprint density at radius 2 is 2.19 bits per heavy atom. The molecule has 2 aromatic heterocycles. The normalized spacial score (nSPS) is 20.5. The SMILES string of the molecule is C[C@H]1CCNc2c(OC=O)cnc3ccc(nc23)N2CCC[C@@H]2c2cc(F)ccc2O1. The predicted molar refractivity (Wildman–Crippen MR) is 115 cm³/mol. The third kappa shape index (κ3) is 3.62. The van der Waals surface area contributed by atoms with E-state index in [4.69, 9.17) is 14.5 Å². The fraction of sp³-hybridized carbons (Fsp3) is 0.348. The highest BCUT2D eigenvalue weighted by Gasteiger charge is 2.31. The summed E-state index contributed by atoms with van der Waals surface area (Å²) in [6, 6.07) is 8.54. The van der Waals surface area contributed by atoms with E-state index in [1.807, 2.05) is 19.1 Å². The van der Waals surface area contributed by atoms with E-state index in [-0.39, 0.29) is 18.0 Å². The molecule has 0 unspecified atom stereocenters. The van der Waals surface area contributed by atoms with Crippen molar-refractivity contribution in [2.75, 3.05) is 23.3 Å². The molecule has 160 valence electrons. The zero-order valence-corrected chi connectivity index (χ0v) is 17.2. The Morgan fingerprint density at radius 1 is 1.29 bits per heavy atom. The third-order valence-electron chi connectivity index (χ3n) is 5.90. The third-order valence-corrected chi connectivity index (χ3v) is 5.90. The van der Waals surface area contributed by atoms with Crippen molar-refractivity contribution in [1.29, 1.82) is 0 Å². The minimum atomic E-state index is -0.276. The molecular formula is C23H23FN4O3. The molecule has 2 bridgehead atoms. The number of carbonyl (C=O) groups is 1. The molecule has 1 aromatic carbocycles. The van der Waals surface area contributed by atoms with Gasteiger partial charge in [0.25, 0.3) is 6.47 Å². The van der Waals surface area contributed by atoms with Crippen molar-refractivity contribution in [2.24, 2.45) is 0 Å². The van der Waals surface area contributed by atoms with Crippen molar-refractivity contribution in [3.8, 4) is 11.5 Å². The summed E-state index contributed by atoms with van der Waals surface area (Å²) in [6.07, 6.45) is 3.96. The summed E-state index contributed by atoms with van der Waals surface area (Å²) >= 11 is 0. The Morgan fingerprint density at radius 3 is 3.06 bits per heavy atom. The number of nitrogens with one attached hydrogen (secondary N) is 1. The van der Waals surface area contributed by atoms with Crippen LogP contribution in [0.25, 0.3) is 11.0 Å². The molecule has 1 N–H and O–H groups in total. The monoisotopic (exact) mass is 422 g/mol. The Kier molecular flexibility index (Phi) is 5.05. The van der Waals surface area contributed by atoms with Crippen LogP contribution in [0.2, 0.25) is 0 Å². The topological polar surface area (TPSA) is 76.6 Å². The van der Waals surface area contributed by atoms with E-state index < -0.39 is 0 Å². The van der Waals surface area contributed by atoms with E-state index in [1.165, 1.54) is 12.3 Å². The van der Waals surface area contributed by atoms with E-state index in [0.29, 0.717) is 47.7 Å². The summed E-state index contributed by atoms with van der Waals surface area (Å²) in [5, 5.41) is 3.35. The number of ether oxygens (including phenoxy) is 2. The summed E-state index contributed by atoms with van der Waals surface area (Å²) in [6.45, 7) is 3.75. The Bertz CT molecular complexity index is 1140. The molecule has 0 amide bonds. The number of rotatable bonds is 2. The highest BCUT2D eigenvalue weighted by atomic mass is 19.1. The van der Waals surface area contributed by atoms with Gasteiger partial charge in [-0.15, -0.1) is 0 Å². The molecule has 4 heterocycles. The standard InChI is InChI=1S/C23H23FN4O3/c1-14-8-9-25-23-20(30-13-29)12-26-17-5-7-21(27-22(17)23)28-10-2-3-18(28)16-11-15(24)4-6-19(16)31-14/h4-7,11-14,18,25H,2-3,8-10H2,1H3/t14-,18+/m0/s1. The first kappa shape index (κ1) is 19.5. The van der Waals surface area contributed by atoms with Gasteiger partial charge in [0, 0.05) is 25.1 Å². The van der Waals surface area contributed by atoms with Gasteiger partial charge in [0.05, 0.1) is 23.9 Å². The van der Waals surface area contributed by atoms with E-state index >= 15 is 0 Å². The molecule has 0 radical (unpaired) electrons. The predicted octanol–water partition coefficient (Wildman–Crippen LogP) is 4.23. The van der Waals surface area contributed by atoms with Crippen molar-refractivity contribution in [3.05, 3.63) is 47.9 Å². The van der Waals surface area contributed by atoms with Gasteiger partial charge in [-0.05, 0) is 50.1 Å². The largest absolute Gasteiger partial charge is 0.490 e. The highest BCUT2D eigenvalue weighted by Crippen LogP contribution is 2.41. The fourth-order valence-electron chi connectivity index (χ4n) is 4.44. The Hall–Kier alpha value is -3.42. The first-order valence-electron chi connectivity index (χ1n) is 10.5. The van der Waals surface area contributed by atoms with Crippen molar-refractivity contribution in [1.82, 2.24) is 9.97 Å². The molecule has 5 rings (SSSR count). The number of hydrogen-bond acceptors (Lipinski definition) is 7. The van der Waals surface area contributed by atoms with Crippen LogP contribution in [0.4, 0.5) is 15.9 Å².